The van der Waals surface area contributed by atoms with Crippen LogP contribution in [-0.4, -0.2) is 9.97 Å². The number of H-pyrrole nitrogens is 2. The summed E-state index contributed by atoms with van der Waals surface area (Å²) >= 11 is 0. The van der Waals surface area contributed by atoms with Gasteiger partial charge in [0.2, 0.25) is 5.65 Å². The first kappa shape index (κ1) is 15.7. The molecule has 0 bridgehead atoms. The Morgan fingerprint density at radius 3 is 2.63 bits per heavy atom. The minimum Gasteiger partial charge on any atom is -0.360 e. The molecule has 0 saturated heterocycles. The number of pyridine rings is 1. The highest BCUT2D eigenvalue weighted by atomic mass is 15.1. The van der Waals surface area contributed by atoms with E-state index in [2.05, 4.69) is 94.5 Å². The molecule has 132 valence electrons. The van der Waals surface area contributed by atoms with Gasteiger partial charge in [-0.15, -0.1) is 0 Å². The Balaban J connectivity index is 1.73. The van der Waals surface area contributed by atoms with Crippen molar-refractivity contribution in [2.45, 2.75) is 13.8 Å². The van der Waals surface area contributed by atoms with E-state index < -0.39 is 0 Å². The van der Waals surface area contributed by atoms with E-state index in [4.69, 9.17) is 0 Å². The van der Waals surface area contributed by atoms with Crippen molar-refractivity contribution in [3.05, 3.63) is 84.2 Å². The summed E-state index contributed by atoms with van der Waals surface area (Å²) in [6, 6.07) is 21.0. The van der Waals surface area contributed by atoms with Crippen LogP contribution < -0.4 is 9.72 Å². The molecule has 5 rings (SSSR count). The third kappa shape index (κ3) is 2.57. The molecule has 0 amide bonds. The van der Waals surface area contributed by atoms with Crippen LogP contribution in [0.2, 0.25) is 0 Å². The predicted octanol–water partition coefficient (Wildman–Crippen LogP) is 5.26. The van der Waals surface area contributed by atoms with Gasteiger partial charge in [-0.1, -0.05) is 30.3 Å². The number of imidazole rings is 1. The number of aryl methyl sites for hydroxylation is 2. The number of fused-ring (bicyclic) bond motifs is 2. The van der Waals surface area contributed by atoms with Gasteiger partial charge >= 0.3 is 0 Å². The standard InChI is InChI=1S/C23H20N4/c1-15-10-11-17(13-16(15)2)25-23-22(26-21-9-5-6-12-27(21)23)19-14-24-20-8-4-3-7-18(19)20/h3-14,24-25H,1-2H3/p+1. The third-order valence-electron chi connectivity index (χ3n) is 5.22. The molecule has 3 aromatic heterocycles. The Bertz CT molecular complexity index is 1280. The summed E-state index contributed by atoms with van der Waals surface area (Å²) in [5.41, 5.74) is 8.05. The van der Waals surface area contributed by atoms with Crippen molar-refractivity contribution in [3.63, 3.8) is 0 Å². The van der Waals surface area contributed by atoms with Crippen LogP contribution >= 0.6 is 0 Å². The van der Waals surface area contributed by atoms with Gasteiger partial charge in [0, 0.05) is 28.7 Å². The monoisotopic (exact) mass is 353 g/mol. The Morgan fingerprint density at radius 2 is 1.74 bits per heavy atom. The lowest BCUT2D eigenvalue weighted by Gasteiger charge is -2.05. The SMILES string of the molecule is Cc1ccc(Nc2c(-c3c[nH]c4ccccc34)[nH]c3cccc[n+]23)cc1C. The van der Waals surface area contributed by atoms with E-state index >= 15 is 0 Å². The predicted molar refractivity (Wildman–Crippen MR) is 110 cm³/mol. The smallest absolute Gasteiger partial charge is 0.271 e. The van der Waals surface area contributed by atoms with E-state index in [1.54, 1.807) is 0 Å². The molecule has 0 fully saturated rings. The highest BCUT2D eigenvalue weighted by molar-refractivity contribution is 5.97. The van der Waals surface area contributed by atoms with Gasteiger partial charge in [-0.05, 0) is 49.2 Å². The van der Waals surface area contributed by atoms with Crippen molar-refractivity contribution in [2.24, 2.45) is 0 Å². The zero-order valence-electron chi connectivity index (χ0n) is 15.4. The van der Waals surface area contributed by atoms with Crippen molar-refractivity contribution in [1.82, 2.24) is 9.97 Å². The van der Waals surface area contributed by atoms with E-state index in [-0.39, 0.29) is 0 Å². The summed E-state index contributed by atoms with van der Waals surface area (Å²) in [7, 11) is 0. The van der Waals surface area contributed by atoms with Crippen molar-refractivity contribution >= 4 is 28.1 Å². The normalized spacial score (nSPS) is 11.3. The molecule has 27 heavy (non-hydrogen) atoms. The van der Waals surface area contributed by atoms with Crippen molar-refractivity contribution in [1.29, 1.82) is 0 Å². The first-order chi connectivity index (χ1) is 13.2. The summed E-state index contributed by atoms with van der Waals surface area (Å²) < 4.78 is 2.16. The summed E-state index contributed by atoms with van der Waals surface area (Å²) in [6.45, 7) is 4.28. The summed E-state index contributed by atoms with van der Waals surface area (Å²) in [5, 5.41) is 4.84. The molecule has 3 N–H and O–H groups in total. The second-order valence-electron chi connectivity index (χ2n) is 6.98. The lowest BCUT2D eigenvalue weighted by atomic mass is 10.1. The first-order valence-electron chi connectivity index (χ1n) is 9.14. The van der Waals surface area contributed by atoms with Crippen LogP contribution in [0.5, 0.6) is 0 Å². The molecule has 0 unspecified atom stereocenters. The van der Waals surface area contributed by atoms with Crippen LogP contribution in [-0.2, 0) is 0 Å². The number of nitrogens with one attached hydrogen (secondary N) is 3. The van der Waals surface area contributed by atoms with Gasteiger partial charge in [0.05, 0.1) is 11.9 Å². The number of aromatic nitrogens is 3. The number of rotatable bonds is 3. The molecule has 0 atom stereocenters. The topological polar surface area (TPSA) is 47.7 Å². The molecule has 0 saturated carbocycles. The number of para-hydroxylation sites is 1. The number of aromatic amines is 2. The van der Waals surface area contributed by atoms with Gasteiger partial charge in [-0.25, -0.2) is 4.40 Å². The Labute approximate surface area is 157 Å². The molecule has 0 aliphatic carbocycles. The largest absolute Gasteiger partial charge is 0.360 e. The molecule has 2 aromatic carbocycles. The van der Waals surface area contributed by atoms with E-state index in [1.165, 1.54) is 16.5 Å². The van der Waals surface area contributed by atoms with Crippen LogP contribution in [0.1, 0.15) is 11.1 Å². The van der Waals surface area contributed by atoms with E-state index in [0.29, 0.717) is 0 Å². The van der Waals surface area contributed by atoms with Gasteiger partial charge in [0.15, 0.2) is 5.69 Å². The quantitative estimate of drug-likeness (QED) is 0.381. The molecule has 4 nitrogen and oxygen atoms in total. The average molecular weight is 353 g/mol. The first-order valence-corrected chi connectivity index (χ1v) is 9.14. The van der Waals surface area contributed by atoms with E-state index in [0.717, 1.165) is 33.9 Å². The molecular formula is C23H21N4+. The fraction of sp³-hybridized carbons (Fsp3) is 0.0870. The number of anilines is 2. The van der Waals surface area contributed by atoms with Gasteiger partial charge in [-0.2, -0.15) is 0 Å². The molecule has 0 radical (unpaired) electrons. The highest BCUT2D eigenvalue weighted by Crippen LogP contribution is 2.33. The molecular weight excluding hydrogens is 332 g/mol. The van der Waals surface area contributed by atoms with Gasteiger partial charge in [-0.3, -0.25) is 10.3 Å². The molecule has 0 spiro atoms. The van der Waals surface area contributed by atoms with Crippen LogP contribution in [0.4, 0.5) is 11.5 Å². The maximum absolute atomic E-state index is 3.63. The maximum atomic E-state index is 3.63. The molecule has 0 aliphatic heterocycles. The Morgan fingerprint density at radius 1 is 0.889 bits per heavy atom. The number of benzene rings is 2. The van der Waals surface area contributed by atoms with Gasteiger partial charge < -0.3 is 4.98 Å². The second-order valence-corrected chi connectivity index (χ2v) is 6.98. The van der Waals surface area contributed by atoms with Gasteiger partial charge in [0.1, 0.15) is 0 Å². The lowest BCUT2D eigenvalue weighted by molar-refractivity contribution is -0.493. The highest BCUT2D eigenvalue weighted by Gasteiger charge is 2.22. The van der Waals surface area contributed by atoms with Crippen LogP contribution in [0.3, 0.4) is 0 Å². The number of hydrogen-bond donors (Lipinski definition) is 3. The molecule has 4 heteroatoms. The van der Waals surface area contributed by atoms with E-state index in [9.17, 15) is 0 Å². The van der Waals surface area contributed by atoms with Crippen LogP contribution in [0.25, 0.3) is 27.8 Å². The minimum atomic E-state index is 1.03. The number of nitrogens with zero attached hydrogens (tertiary/aromatic N) is 1. The zero-order chi connectivity index (χ0) is 18.4. The van der Waals surface area contributed by atoms with Gasteiger partial charge in [0.25, 0.3) is 5.82 Å². The maximum Gasteiger partial charge on any atom is 0.271 e. The number of hydrogen-bond acceptors (Lipinski definition) is 1. The third-order valence-corrected chi connectivity index (χ3v) is 5.22. The van der Waals surface area contributed by atoms with Crippen LogP contribution in [0, 0.1) is 13.8 Å². The summed E-state index contributed by atoms with van der Waals surface area (Å²) in [5.74, 6) is 1.03. The van der Waals surface area contributed by atoms with Crippen molar-refractivity contribution in [2.75, 3.05) is 5.32 Å². The molecule has 3 heterocycles. The molecule has 0 aliphatic rings. The van der Waals surface area contributed by atoms with Crippen LogP contribution in [0.15, 0.2) is 73.1 Å². The summed E-state index contributed by atoms with van der Waals surface area (Å²) in [6.07, 6.45) is 4.15. The van der Waals surface area contributed by atoms with E-state index in [1.807, 2.05) is 12.1 Å². The fourth-order valence-electron chi connectivity index (χ4n) is 3.60. The van der Waals surface area contributed by atoms with Crippen molar-refractivity contribution < 1.29 is 4.40 Å². The second kappa shape index (κ2) is 6.02. The summed E-state index contributed by atoms with van der Waals surface area (Å²) in [4.78, 5) is 6.97. The Hall–Kier alpha value is -3.53. The average Bonchev–Trinajstić information content (AvgIpc) is 3.26. The molecule has 5 aromatic rings. The lowest BCUT2D eigenvalue weighted by Crippen LogP contribution is -2.22. The minimum absolute atomic E-state index is 1.03. The zero-order valence-corrected chi connectivity index (χ0v) is 15.4. The Kier molecular flexibility index (Phi) is 3.50. The van der Waals surface area contributed by atoms with Crippen molar-refractivity contribution in [3.8, 4) is 11.3 Å². The fourth-order valence-corrected chi connectivity index (χ4v) is 3.60.